The zero-order valence-corrected chi connectivity index (χ0v) is 12.4. The number of rotatable bonds is 0. The molecule has 0 aromatic heterocycles. The van der Waals surface area contributed by atoms with Gasteiger partial charge in [-0.1, -0.05) is 45.9 Å². The third kappa shape index (κ3) is 3.91. The van der Waals surface area contributed by atoms with E-state index in [0.717, 1.165) is 10.5 Å². The van der Waals surface area contributed by atoms with E-state index in [2.05, 4.69) is 5.48 Å². The molecule has 0 aliphatic carbocycles. The topological polar surface area (TPSA) is 38.3 Å². The molecule has 2 rings (SSSR count). The Balaban J connectivity index is 0.000000581. The maximum atomic E-state index is 11.4. The van der Waals surface area contributed by atoms with Crippen molar-refractivity contribution in [3.8, 4) is 0 Å². The van der Waals surface area contributed by atoms with Crippen molar-refractivity contribution in [2.24, 2.45) is 0 Å². The average molecular weight is 257 g/mol. The molecular weight excluding hydrogens is 234 g/mol. The van der Waals surface area contributed by atoms with Crippen LogP contribution < -0.4 is 5.48 Å². The van der Waals surface area contributed by atoms with Crippen LogP contribution in [0.25, 0.3) is 0 Å². The second-order valence-electron chi connectivity index (χ2n) is 3.54. The first kappa shape index (κ1) is 16.3. The van der Waals surface area contributed by atoms with Gasteiger partial charge in [0.2, 0.25) is 11.1 Å². The van der Waals surface area contributed by atoms with Gasteiger partial charge in [0.1, 0.15) is 0 Å². The maximum absolute atomic E-state index is 11.4. The second-order valence-corrected chi connectivity index (χ2v) is 4.62. The van der Waals surface area contributed by atoms with E-state index in [9.17, 15) is 4.21 Å². The lowest BCUT2D eigenvalue weighted by Gasteiger charge is -2.31. The highest BCUT2D eigenvalue weighted by atomic mass is 32.2. The molecule has 0 saturated heterocycles. The standard InChI is InChI=1S/C9H11NO2S.2C2H6/c1-9(2)7-5-3-4-6-8(7)13(11)12-10-9;2*1-2/h3-6,10H,1-2H3;2*1-2H3. The average Bonchev–Trinajstić information content (AvgIpc) is 2.40. The molecule has 1 heterocycles. The summed E-state index contributed by atoms with van der Waals surface area (Å²) in [5, 5.41) is 0. The first-order chi connectivity index (χ1) is 8.11. The van der Waals surface area contributed by atoms with Gasteiger partial charge in [0.25, 0.3) is 0 Å². The van der Waals surface area contributed by atoms with Crippen LogP contribution in [0.4, 0.5) is 0 Å². The Morgan fingerprint density at radius 3 is 2.18 bits per heavy atom. The van der Waals surface area contributed by atoms with Crippen LogP contribution in [0.3, 0.4) is 0 Å². The van der Waals surface area contributed by atoms with Gasteiger partial charge in [0.15, 0.2) is 0 Å². The van der Waals surface area contributed by atoms with Crippen molar-refractivity contribution in [2.45, 2.75) is 52.0 Å². The predicted octanol–water partition coefficient (Wildman–Crippen LogP) is 3.53. The fourth-order valence-corrected chi connectivity index (χ4v) is 2.44. The fourth-order valence-electron chi connectivity index (χ4n) is 1.37. The van der Waals surface area contributed by atoms with Gasteiger partial charge in [-0.15, -0.1) is 0 Å². The summed E-state index contributed by atoms with van der Waals surface area (Å²) in [5.41, 5.74) is 3.52. The van der Waals surface area contributed by atoms with Crippen molar-refractivity contribution in [2.75, 3.05) is 0 Å². The molecular formula is C13H23NO2S. The van der Waals surface area contributed by atoms with E-state index in [1.807, 2.05) is 65.8 Å². The predicted molar refractivity (Wildman–Crippen MR) is 72.8 cm³/mol. The molecule has 17 heavy (non-hydrogen) atoms. The lowest BCUT2D eigenvalue weighted by molar-refractivity contribution is 0.113. The summed E-state index contributed by atoms with van der Waals surface area (Å²) < 4.78 is 16.3. The van der Waals surface area contributed by atoms with Gasteiger partial charge >= 0.3 is 0 Å². The fraction of sp³-hybridized carbons (Fsp3) is 0.538. The summed E-state index contributed by atoms with van der Waals surface area (Å²) in [4.78, 5) is 0.756. The Kier molecular flexibility index (Phi) is 7.27. The number of benzene rings is 1. The van der Waals surface area contributed by atoms with E-state index >= 15 is 0 Å². The first-order valence-electron chi connectivity index (χ1n) is 6.07. The van der Waals surface area contributed by atoms with Crippen LogP contribution in [0, 0.1) is 0 Å². The molecule has 1 aliphatic heterocycles. The van der Waals surface area contributed by atoms with Gasteiger partial charge in [0.05, 0.1) is 10.4 Å². The molecule has 0 spiro atoms. The van der Waals surface area contributed by atoms with Crippen molar-refractivity contribution >= 4 is 11.1 Å². The minimum atomic E-state index is -1.37. The Labute approximate surface area is 107 Å². The number of fused-ring (bicyclic) bond motifs is 1. The molecule has 4 heteroatoms. The molecule has 1 unspecified atom stereocenters. The van der Waals surface area contributed by atoms with E-state index in [0.29, 0.717) is 0 Å². The molecule has 1 aromatic carbocycles. The summed E-state index contributed by atoms with van der Waals surface area (Å²) in [6.45, 7) is 12.0. The van der Waals surface area contributed by atoms with Crippen LogP contribution in [-0.2, 0) is 20.9 Å². The maximum Gasteiger partial charge on any atom is 0.206 e. The number of hydrogen-bond acceptors (Lipinski definition) is 3. The summed E-state index contributed by atoms with van der Waals surface area (Å²) in [6.07, 6.45) is 0. The SMILES string of the molecule is CC.CC.CC1(C)NOS(=O)c2ccccc21. The van der Waals surface area contributed by atoms with Crippen LogP contribution in [0.2, 0.25) is 0 Å². The minimum absolute atomic E-state index is 0.273. The van der Waals surface area contributed by atoms with E-state index in [4.69, 9.17) is 4.28 Å². The molecule has 0 saturated carbocycles. The molecule has 1 N–H and O–H groups in total. The number of hydroxylamine groups is 1. The van der Waals surface area contributed by atoms with Crippen molar-refractivity contribution < 1.29 is 8.49 Å². The van der Waals surface area contributed by atoms with Crippen molar-refractivity contribution in [1.29, 1.82) is 0 Å². The van der Waals surface area contributed by atoms with Crippen molar-refractivity contribution in [3.63, 3.8) is 0 Å². The number of hydrogen-bond donors (Lipinski definition) is 1. The Bertz CT molecular complexity index is 364. The molecule has 0 radical (unpaired) electrons. The smallest absolute Gasteiger partial charge is 0.206 e. The number of nitrogens with one attached hydrogen (secondary N) is 1. The first-order valence-corrected chi connectivity index (χ1v) is 7.14. The molecule has 1 atom stereocenters. The molecule has 0 amide bonds. The summed E-state index contributed by atoms with van der Waals surface area (Å²) in [5.74, 6) is 0. The van der Waals surface area contributed by atoms with Gasteiger partial charge in [-0.3, -0.25) is 0 Å². The second kappa shape index (κ2) is 7.58. The van der Waals surface area contributed by atoms with E-state index < -0.39 is 11.1 Å². The Morgan fingerprint density at radius 2 is 1.65 bits per heavy atom. The molecule has 0 fully saturated rings. The van der Waals surface area contributed by atoms with Gasteiger partial charge in [-0.05, 0) is 25.5 Å². The largest absolute Gasteiger partial charge is 0.223 e. The zero-order valence-electron chi connectivity index (χ0n) is 11.5. The van der Waals surface area contributed by atoms with Gasteiger partial charge in [-0.25, -0.2) is 4.21 Å². The van der Waals surface area contributed by atoms with Crippen LogP contribution in [0.15, 0.2) is 29.2 Å². The quantitative estimate of drug-likeness (QED) is 0.772. The summed E-state index contributed by atoms with van der Waals surface area (Å²) in [6, 6.07) is 7.59. The van der Waals surface area contributed by atoms with Crippen LogP contribution in [0.5, 0.6) is 0 Å². The van der Waals surface area contributed by atoms with Crippen LogP contribution in [-0.4, -0.2) is 4.21 Å². The van der Waals surface area contributed by atoms with Gasteiger partial charge < -0.3 is 0 Å². The van der Waals surface area contributed by atoms with E-state index in [1.165, 1.54) is 0 Å². The molecule has 1 aromatic rings. The Morgan fingerprint density at radius 1 is 1.12 bits per heavy atom. The molecule has 3 nitrogen and oxygen atoms in total. The lowest BCUT2D eigenvalue weighted by atomic mass is 9.95. The summed E-state index contributed by atoms with van der Waals surface area (Å²) >= 11 is -1.37. The molecule has 1 aliphatic rings. The minimum Gasteiger partial charge on any atom is -0.223 e. The van der Waals surface area contributed by atoms with E-state index in [-0.39, 0.29) is 5.54 Å². The molecule has 0 bridgehead atoms. The van der Waals surface area contributed by atoms with Gasteiger partial charge in [-0.2, -0.15) is 9.76 Å². The molecule has 98 valence electrons. The van der Waals surface area contributed by atoms with Crippen molar-refractivity contribution in [1.82, 2.24) is 5.48 Å². The highest BCUT2D eigenvalue weighted by molar-refractivity contribution is 7.80. The lowest BCUT2D eigenvalue weighted by Crippen LogP contribution is -2.41. The monoisotopic (exact) mass is 257 g/mol. The normalized spacial score (nSPS) is 20.0. The highest BCUT2D eigenvalue weighted by Gasteiger charge is 2.31. The zero-order chi connectivity index (χ0) is 13.5. The third-order valence-electron chi connectivity index (χ3n) is 2.11. The highest BCUT2D eigenvalue weighted by Crippen LogP contribution is 2.30. The van der Waals surface area contributed by atoms with Crippen LogP contribution in [0.1, 0.15) is 47.1 Å². The van der Waals surface area contributed by atoms with E-state index in [1.54, 1.807) is 0 Å². The van der Waals surface area contributed by atoms with Gasteiger partial charge in [0, 0.05) is 0 Å². The summed E-state index contributed by atoms with van der Waals surface area (Å²) in [7, 11) is 0. The van der Waals surface area contributed by atoms with Crippen LogP contribution >= 0.6 is 0 Å². The Hall–Kier alpha value is -0.710. The third-order valence-corrected chi connectivity index (χ3v) is 3.06. The van der Waals surface area contributed by atoms with Crippen molar-refractivity contribution in [3.05, 3.63) is 29.8 Å².